The number of nitrogens with one attached hydrogen (secondary N) is 2. The Kier molecular flexibility index (Phi) is 2.69. The van der Waals surface area contributed by atoms with E-state index in [1.165, 1.54) is 0 Å². The van der Waals surface area contributed by atoms with E-state index in [9.17, 15) is 9.90 Å². The highest BCUT2D eigenvalue weighted by Crippen LogP contribution is 2.40. The van der Waals surface area contributed by atoms with Crippen molar-refractivity contribution < 1.29 is 9.90 Å². The summed E-state index contributed by atoms with van der Waals surface area (Å²) in [6.45, 7) is 0.478. The lowest BCUT2D eigenvalue weighted by molar-refractivity contribution is -0.114. The van der Waals surface area contributed by atoms with E-state index in [4.69, 9.17) is 5.73 Å². The van der Waals surface area contributed by atoms with Crippen molar-refractivity contribution in [1.29, 1.82) is 0 Å². The summed E-state index contributed by atoms with van der Waals surface area (Å²) in [7, 11) is 0. The molecule has 0 bridgehead atoms. The molecule has 4 rings (SSSR count). The van der Waals surface area contributed by atoms with Crippen molar-refractivity contribution in [2.24, 2.45) is 10.9 Å². The Morgan fingerprint density at radius 3 is 2.91 bits per heavy atom. The minimum atomic E-state index is -0.173. The van der Waals surface area contributed by atoms with Gasteiger partial charge in [-0.3, -0.25) is 9.79 Å². The highest BCUT2D eigenvalue weighted by atomic mass is 16.3. The van der Waals surface area contributed by atoms with Crippen LogP contribution >= 0.6 is 0 Å². The summed E-state index contributed by atoms with van der Waals surface area (Å²) < 4.78 is 0. The fourth-order valence-corrected chi connectivity index (χ4v) is 3.26. The lowest BCUT2D eigenvalue weighted by atomic mass is 9.85. The van der Waals surface area contributed by atoms with Crippen LogP contribution in [-0.4, -0.2) is 39.3 Å². The molecule has 3 heterocycles. The third-order valence-corrected chi connectivity index (χ3v) is 4.18. The highest BCUT2D eigenvalue weighted by Gasteiger charge is 2.39. The first kappa shape index (κ1) is 12.9. The first-order valence-corrected chi connectivity index (χ1v) is 7.14. The first-order valence-electron chi connectivity index (χ1n) is 7.14. The maximum atomic E-state index is 12.3. The van der Waals surface area contributed by atoms with Gasteiger partial charge in [-0.2, -0.15) is 4.98 Å². The largest absolute Gasteiger partial charge is 0.492 e. The molecule has 1 amide bonds. The van der Waals surface area contributed by atoms with Crippen LogP contribution < -0.4 is 11.1 Å². The number of aromatic nitrogens is 2. The zero-order valence-electron chi connectivity index (χ0n) is 11.7. The number of carbonyl (C=O) groups excluding carboxylic acids is 1. The van der Waals surface area contributed by atoms with Gasteiger partial charge in [-0.25, -0.2) is 0 Å². The van der Waals surface area contributed by atoms with Crippen LogP contribution in [0.15, 0.2) is 34.9 Å². The van der Waals surface area contributed by atoms with E-state index < -0.39 is 0 Å². The second-order valence-electron chi connectivity index (χ2n) is 5.48. The molecule has 2 atom stereocenters. The van der Waals surface area contributed by atoms with Crippen molar-refractivity contribution in [2.45, 2.75) is 12.5 Å². The molecule has 22 heavy (non-hydrogen) atoms. The van der Waals surface area contributed by atoms with Crippen molar-refractivity contribution >= 4 is 23.1 Å². The number of anilines is 1. The van der Waals surface area contributed by atoms with Crippen LogP contribution in [0.3, 0.4) is 0 Å². The number of H-pyrrole nitrogens is 1. The molecule has 3 aliphatic rings. The Morgan fingerprint density at radius 1 is 1.32 bits per heavy atom. The summed E-state index contributed by atoms with van der Waals surface area (Å²) in [5.74, 6) is -0.167. The number of carbonyl (C=O) groups is 1. The zero-order chi connectivity index (χ0) is 15.3. The quantitative estimate of drug-likeness (QED) is 0.605. The lowest BCUT2D eigenvalue weighted by Crippen LogP contribution is -2.29. The molecule has 0 aromatic carbocycles. The zero-order valence-corrected chi connectivity index (χ0v) is 11.7. The van der Waals surface area contributed by atoms with Crippen LogP contribution in [0.2, 0.25) is 0 Å². The number of nitrogen functional groups attached to an aromatic ring is 1. The van der Waals surface area contributed by atoms with Crippen molar-refractivity contribution in [3.63, 3.8) is 0 Å². The number of aliphatic imine (C=N–C) groups is 1. The van der Waals surface area contributed by atoms with Crippen LogP contribution in [-0.2, 0) is 4.79 Å². The molecule has 112 valence electrons. The van der Waals surface area contributed by atoms with E-state index in [0.717, 1.165) is 11.1 Å². The Morgan fingerprint density at radius 2 is 2.14 bits per heavy atom. The number of hydrogen-bond donors (Lipinski definition) is 4. The van der Waals surface area contributed by atoms with Crippen LogP contribution in [0, 0.1) is 5.92 Å². The molecular formula is C15H15N5O2. The third-order valence-electron chi connectivity index (χ3n) is 4.18. The smallest absolute Gasteiger partial charge is 0.269 e. The summed E-state index contributed by atoms with van der Waals surface area (Å²) in [5, 5.41) is 12.9. The number of aromatic amines is 1. The Bertz CT molecular complexity index is 784. The highest BCUT2D eigenvalue weighted by molar-refractivity contribution is 6.48. The molecule has 0 fully saturated rings. The maximum absolute atomic E-state index is 12.3. The molecular weight excluding hydrogens is 282 g/mol. The van der Waals surface area contributed by atoms with Crippen molar-refractivity contribution in [3.05, 3.63) is 35.6 Å². The molecule has 0 saturated carbocycles. The maximum Gasteiger partial charge on any atom is 0.269 e. The minimum absolute atomic E-state index is 0.00257. The average Bonchev–Trinajstić information content (AvgIpc) is 2.99. The molecule has 7 nitrogen and oxygen atoms in total. The van der Waals surface area contributed by atoms with E-state index in [1.807, 2.05) is 24.3 Å². The van der Waals surface area contributed by atoms with E-state index in [2.05, 4.69) is 20.3 Å². The SMILES string of the molecule is Nc1nc(O)c(C2=C3C(=NC4C=CC=CC34)C(=O)NCC2)[nH]1. The monoisotopic (exact) mass is 297 g/mol. The van der Waals surface area contributed by atoms with E-state index in [-0.39, 0.29) is 29.7 Å². The fraction of sp³-hybridized carbons (Fsp3) is 0.267. The van der Waals surface area contributed by atoms with E-state index >= 15 is 0 Å². The van der Waals surface area contributed by atoms with Crippen molar-refractivity contribution in [2.75, 3.05) is 12.3 Å². The summed E-state index contributed by atoms with van der Waals surface area (Å²) in [6, 6.07) is -0.0729. The first-order chi connectivity index (χ1) is 10.6. The summed E-state index contributed by atoms with van der Waals surface area (Å²) >= 11 is 0. The number of rotatable bonds is 1. The number of aromatic hydroxyl groups is 1. The Hall–Kier alpha value is -2.83. The molecule has 0 spiro atoms. The molecule has 1 aromatic heterocycles. The second kappa shape index (κ2) is 4.59. The van der Waals surface area contributed by atoms with E-state index in [0.29, 0.717) is 24.4 Å². The molecule has 1 aliphatic carbocycles. The molecule has 2 unspecified atom stereocenters. The topological polar surface area (TPSA) is 116 Å². The van der Waals surface area contributed by atoms with E-state index in [1.54, 1.807) is 0 Å². The Labute approximate surface area is 126 Å². The van der Waals surface area contributed by atoms with Gasteiger partial charge < -0.3 is 21.1 Å². The van der Waals surface area contributed by atoms with Crippen LogP contribution in [0.4, 0.5) is 5.95 Å². The summed E-state index contributed by atoms with van der Waals surface area (Å²) in [6.07, 6.45) is 8.47. The van der Waals surface area contributed by atoms with Crippen LogP contribution in [0.1, 0.15) is 12.1 Å². The number of amides is 1. The number of nitrogens with two attached hydrogens (primary N) is 1. The Balaban J connectivity index is 1.94. The van der Waals surface area contributed by atoms with Crippen LogP contribution in [0.5, 0.6) is 5.88 Å². The fourth-order valence-electron chi connectivity index (χ4n) is 3.26. The molecule has 1 aromatic rings. The number of fused-ring (bicyclic) bond motifs is 3. The van der Waals surface area contributed by atoms with Gasteiger partial charge in [0.05, 0.1) is 6.04 Å². The molecule has 5 N–H and O–H groups in total. The number of allylic oxidation sites excluding steroid dienone is 2. The normalized spacial score (nSPS) is 26.4. The van der Waals surface area contributed by atoms with Gasteiger partial charge in [0.1, 0.15) is 11.4 Å². The number of hydrogen-bond acceptors (Lipinski definition) is 5. The predicted octanol–water partition coefficient (Wildman–Crippen LogP) is 0.536. The van der Waals surface area contributed by atoms with Gasteiger partial charge >= 0.3 is 0 Å². The molecule has 7 heteroatoms. The standard InChI is InChI=1S/C15H15N5O2/c16-15-19-11(14(22)20-15)8-5-6-17-13(21)12-10(8)7-3-1-2-4-9(7)18-12/h1-4,7,9,22H,5-6H2,(H,17,21)(H3,16,19,20). The third kappa shape index (κ3) is 1.78. The summed E-state index contributed by atoms with van der Waals surface area (Å²) in [5.41, 5.74) is 8.23. The van der Waals surface area contributed by atoms with Gasteiger partial charge in [0.2, 0.25) is 11.8 Å². The number of imidazole rings is 1. The van der Waals surface area contributed by atoms with Gasteiger partial charge in [0, 0.05) is 12.5 Å². The minimum Gasteiger partial charge on any atom is -0.492 e. The second-order valence-corrected chi connectivity index (χ2v) is 5.48. The molecule has 0 saturated heterocycles. The van der Waals surface area contributed by atoms with Gasteiger partial charge in [0.15, 0.2) is 0 Å². The molecule has 2 aliphatic heterocycles. The summed E-state index contributed by atoms with van der Waals surface area (Å²) in [4.78, 5) is 23.5. The van der Waals surface area contributed by atoms with Crippen LogP contribution in [0.25, 0.3) is 5.57 Å². The van der Waals surface area contributed by atoms with Gasteiger partial charge in [-0.1, -0.05) is 24.3 Å². The molecule has 0 radical (unpaired) electrons. The van der Waals surface area contributed by atoms with Gasteiger partial charge in [-0.05, 0) is 17.6 Å². The number of nitrogens with zero attached hydrogens (tertiary/aromatic N) is 2. The average molecular weight is 297 g/mol. The van der Waals surface area contributed by atoms with Crippen molar-refractivity contribution in [1.82, 2.24) is 15.3 Å². The predicted molar refractivity (Wildman–Crippen MR) is 82.2 cm³/mol. The lowest BCUT2D eigenvalue weighted by Gasteiger charge is -2.18. The van der Waals surface area contributed by atoms with Crippen molar-refractivity contribution in [3.8, 4) is 5.88 Å². The van der Waals surface area contributed by atoms with Gasteiger partial charge in [-0.15, -0.1) is 0 Å². The van der Waals surface area contributed by atoms with Gasteiger partial charge in [0.25, 0.3) is 5.91 Å².